The number of fused-ring (bicyclic) bond motifs is 1. The molecule has 0 N–H and O–H groups in total. The van der Waals surface area contributed by atoms with Gasteiger partial charge in [-0.15, -0.1) is 0 Å². The Morgan fingerprint density at radius 1 is 0.690 bits per heavy atom. The summed E-state index contributed by atoms with van der Waals surface area (Å²) in [6.07, 6.45) is 0. The highest BCUT2D eigenvalue weighted by Gasteiger charge is 2.19. The SMILES string of the molecule is C[C@H](C(=O)Oc1ccc2ccccc2c1)c1cccc(C(=O)c2ccccc2)c1. The highest BCUT2D eigenvalue weighted by Crippen LogP contribution is 2.24. The lowest BCUT2D eigenvalue weighted by Gasteiger charge is -2.13. The molecule has 29 heavy (non-hydrogen) atoms. The molecule has 1 atom stereocenters. The lowest BCUT2D eigenvalue weighted by atomic mass is 9.96. The molecule has 0 aliphatic heterocycles. The zero-order valence-corrected chi connectivity index (χ0v) is 16.0. The van der Waals surface area contributed by atoms with E-state index < -0.39 is 5.92 Å². The van der Waals surface area contributed by atoms with Crippen molar-refractivity contribution in [2.24, 2.45) is 0 Å². The van der Waals surface area contributed by atoms with Crippen molar-refractivity contribution >= 4 is 22.5 Å². The zero-order chi connectivity index (χ0) is 20.2. The first-order valence-corrected chi connectivity index (χ1v) is 9.52. The fourth-order valence-corrected chi connectivity index (χ4v) is 3.28. The van der Waals surface area contributed by atoms with Crippen molar-refractivity contribution in [3.05, 3.63) is 114 Å². The number of ketones is 1. The van der Waals surface area contributed by atoms with Crippen molar-refractivity contribution < 1.29 is 14.3 Å². The fourth-order valence-electron chi connectivity index (χ4n) is 3.28. The minimum atomic E-state index is -0.495. The van der Waals surface area contributed by atoms with Gasteiger partial charge in [-0.05, 0) is 41.5 Å². The Hall–Kier alpha value is -3.72. The topological polar surface area (TPSA) is 43.4 Å². The quantitative estimate of drug-likeness (QED) is 0.250. The number of benzene rings is 4. The van der Waals surface area contributed by atoms with Gasteiger partial charge in [-0.3, -0.25) is 9.59 Å². The van der Waals surface area contributed by atoms with E-state index in [0.717, 1.165) is 16.3 Å². The molecular weight excluding hydrogens is 360 g/mol. The molecule has 0 saturated carbocycles. The van der Waals surface area contributed by atoms with E-state index in [1.165, 1.54) is 0 Å². The normalized spacial score (nSPS) is 11.8. The van der Waals surface area contributed by atoms with Crippen LogP contribution in [0.4, 0.5) is 0 Å². The summed E-state index contributed by atoms with van der Waals surface area (Å²) in [7, 11) is 0. The van der Waals surface area contributed by atoms with Crippen molar-refractivity contribution in [3.63, 3.8) is 0 Å². The smallest absolute Gasteiger partial charge is 0.318 e. The molecule has 0 aliphatic rings. The van der Waals surface area contributed by atoms with Gasteiger partial charge < -0.3 is 4.74 Å². The molecule has 3 nitrogen and oxygen atoms in total. The van der Waals surface area contributed by atoms with Crippen LogP contribution in [-0.4, -0.2) is 11.8 Å². The molecule has 4 rings (SSSR count). The maximum Gasteiger partial charge on any atom is 0.318 e. The minimum absolute atomic E-state index is 0.0671. The number of ether oxygens (including phenoxy) is 1. The van der Waals surface area contributed by atoms with Crippen LogP contribution >= 0.6 is 0 Å². The monoisotopic (exact) mass is 380 g/mol. The first kappa shape index (κ1) is 18.6. The predicted octanol–water partition coefficient (Wildman–Crippen LogP) is 5.78. The molecular formula is C26H20O3. The summed E-state index contributed by atoms with van der Waals surface area (Å²) in [5.41, 5.74) is 1.92. The van der Waals surface area contributed by atoms with E-state index in [0.29, 0.717) is 16.9 Å². The van der Waals surface area contributed by atoms with E-state index in [2.05, 4.69) is 0 Å². The van der Waals surface area contributed by atoms with Gasteiger partial charge in [-0.1, -0.05) is 78.9 Å². The molecule has 4 aromatic carbocycles. The summed E-state index contributed by atoms with van der Waals surface area (Å²) in [6.45, 7) is 1.79. The Balaban J connectivity index is 1.53. The molecule has 0 amide bonds. The number of carbonyl (C=O) groups excluding carboxylic acids is 2. The summed E-state index contributed by atoms with van der Waals surface area (Å²) in [5, 5.41) is 2.10. The Bertz CT molecular complexity index is 1180. The van der Waals surface area contributed by atoms with Gasteiger partial charge in [0.15, 0.2) is 5.78 Å². The lowest BCUT2D eigenvalue weighted by molar-refractivity contribution is -0.135. The van der Waals surface area contributed by atoms with Gasteiger partial charge in [0.1, 0.15) is 5.75 Å². The van der Waals surface area contributed by atoms with Crippen molar-refractivity contribution in [2.75, 3.05) is 0 Å². The van der Waals surface area contributed by atoms with Crippen LogP contribution < -0.4 is 4.74 Å². The van der Waals surface area contributed by atoms with Crippen LogP contribution in [0, 0.1) is 0 Å². The second-order valence-electron chi connectivity index (χ2n) is 6.97. The van der Waals surface area contributed by atoms with Gasteiger partial charge in [0.05, 0.1) is 5.92 Å². The van der Waals surface area contributed by atoms with Crippen molar-refractivity contribution in [2.45, 2.75) is 12.8 Å². The van der Waals surface area contributed by atoms with Crippen LogP contribution in [0.5, 0.6) is 5.75 Å². The van der Waals surface area contributed by atoms with Gasteiger partial charge in [-0.25, -0.2) is 0 Å². The number of rotatable bonds is 5. The second kappa shape index (κ2) is 8.11. The third kappa shape index (κ3) is 4.09. The Labute approximate surface area is 169 Å². The van der Waals surface area contributed by atoms with Crippen molar-refractivity contribution in [1.82, 2.24) is 0 Å². The summed E-state index contributed by atoms with van der Waals surface area (Å²) < 4.78 is 5.60. The molecule has 0 heterocycles. The van der Waals surface area contributed by atoms with Gasteiger partial charge >= 0.3 is 5.97 Å². The average molecular weight is 380 g/mol. The molecule has 0 radical (unpaired) electrons. The molecule has 0 unspecified atom stereocenters. The van der Waals surface area contributed by atoms with Crippen LogP contribution in [0.15, 0.2) is 97.1 Å². The minimum Gasteiger partial charge on any atom is -0.426 e. The van der Waals surface area contributed by atoms with Crippen LogP contribution in [0.1, 0.15) is 34.3 Å². The van der Waals surface area contributed by atoms with Crippen molar-refractivity contribution in [1.29, 1.82) is 0 Å². The van der Waals surface area contributed by atoms with Crippen LogP contribution in [-0.2, 0) is 4.79 Å². The molecule has 0 bridgehead atoms. The van der Waals surface area contributed by atoms with Crippen LogP contribution in [0.3, 0.4) is 0 Å². The molecule has 3 heteroatoms. The highest BCUT2D eigenvalue weighted by atomic mass is 16.5. The van der Waals surface area contributed by atoms with E-state index in [1.54, 1.807) is 43.3 Å². The Kier molecular flexibility index (Phi) is 5.21. The maximum absolute atomic E-state index is 12.7. The second-order valence-corrected chi connectivity index (χ2v) is 6.97. The van der Waals surface area contributed by atoms with E-state index >= 15 is 0 Å². The first-order valence-electron chi connectivity index (χ1n) is 9.52. The summed E-state index contributed by atoms with van der Waals surface area (Å²) in [4.78, 5) is 25.4. The van der Waals surface area contributed by atoms with Gasteiger partial charge in [0, 0.05) is 11.1 Å². The Morgan fingerprint density at radius 2 is 1.38 bits per heavy atom. The third-order valence-electron chi connectivity index (χ3n) is 4.98. The fraction of sp³-hybridized carbons (Fsp3) is 0.0769. The number of hydrogen-bond acceptors (Lipinski definition) is 3. The zero-order valence-electron chi connectivity index (χ0n) is 16.0. The van der Waals surface area contributed by atoms with E-state index in [-0.39, 0.29) is 11.8 Å². The lowest BCUT2D eigenvalue weighted by Crippen LogP contribution is -2.16. The molecule has 0 fully saturated rings. The van der Waals surface area contributed by atoms with Crippen LogP contribution in [0.25, 0.3) is 10.8 Å². The van der Waals surface area contributed by atoms with Gasteiger partial charge in [-0.2, -0.15) is 0 Å². The summed E-state index contributed by atoms with van der Waals surface area (Å²) in [6, 6.07) is 29.8. The third-order valence-corrected chi connectivity index (χ3v) is 4.98. The molecule has 0 spiro atoms. The molecule has 0 saturated heterocycles. The Morgan fingerprint density at radius 3 is 2.17 bits per heavy atom. The summed E-state index contributed by atoms with van der Waals surface area (Å²) in [5.74, 6) is -0.408. The predicted molar refractivity (Wildman–Crippen MR) is 114 cm³/mol. The highest BCUT2D eigenvalue weighted by molar-refractivity contribution is 6.09. The molecule has 142 valence electrons. The standard InChI is InChI=1S/C26H20O3/c1-18(26(28)29-24-15-14-19-8-5-6-11-22(19)17-24)21-12-7-13-23(16-21)25(27)20-9-3-2-4-10-20/h2-18H,1H3/t18-/m0/s1. The number of carbonyl (C=O) groups is 2. The van der Waals surface area contributed by atoms with Crippen LogP contribution in [0.2, 0.25) is 0 Å². The number of esters is 1. The summed E-state index contributed by atoms with van der Waals surface area (Å²) >= 11 is 0. The largest absolute Gasteiger partial charge is 0.426 e. The van der Waals surface area contributed by atoms with E-state index in [9.17, 15) is 9.59 Å². The van der Waals surface area contributed by atoms with Gasteiger partial charge in [0.2, 0.25) is 0 Å². The van der Waals surface area contributed by atoms with Gasteiger partial charge in [0.25, 0.3) is 0 Å². The number of hydrogen-bond donors (Lipinski definition) is 0. The van der Waals surface area contributed by atoms with E-state index in [4.69, 9.17) is 4.74 Å². The first-order chi connectivity index (χ1) is 14.1. The molecule has 0 aromatic heterocycles. The van der Waals surface area contributed by atoms with E-state index in [1.807, 2.05) is 60.7 Å². The molecule has 0 aliphatic carbocycles. The molecule has 4 aromatic rings. The van der Waals surface area contributed by atoms with Crippen molar-refractivity contribution in [3.8, 4) is 5.75 Å². The average Bonchev–Trinajstić information content (AvgIpc) is 2.78. The maximum atomic E-state index is 12.7.